The largest absolute Gasteiger partial charge is 0.398 e. The van der Waals surface area contributed by atoms with Gasteiger partial charge in [-0.3, -0.25) is 0 Å². The molecule has 2 N–H and O–H groups in total. The minimum absolute atomic E-state index is 0.0259. The number of nitrogen functional groups attached to an aromatic ring is 1. The van der Waals surface area contributed by atoms with Crippen molar-refractivity contribution in [1.82, 2.24) is 4.31 Å². The number of hydrogen-bond donors (Lipinski definition) is 1. The van der Waals surface area contributed by atoms with Gasteiger partial charge >= 0.3 is 0 Å². The fraction of sp³-hybridized carbons (Fsp3) is 0.538. The summed E-state index contributed by atoms with van der Waals surface area (Å²) in [6.45, 7) is 0.881. The Kier molecular flexibility index (Phi) is 4.42. The maximum atomic E-state index is 13.8. The van der Waals surface area contributed by atoms with E-state index in [0.717, 1.165) is 38.2 Å². The molecule has 1 aliphatic heterocycles. The lowest BCUT2D eigenvalue weighted by molar-refractivity contribution is 0.362. The minimum Gasteiger partial charge on any atom is -0.398 e. The number of sulfonamides is 1. The van der Waals surface area contributed by atoms with Crippen LogP contribution < -0.4 is 5.73 Å². The molecule has 106 valence electrons. The molecule has 0 radical (unpaired) electrons. The number of nitrogens with two attached hydrogens (primary N) is 1. The predicted molar refractivity (Wildman–Crippen MR) is 72.7 cm³/mol. The quantitative estimate of drug-likeness (QED) is 0.849. The zero-order valence-corrected chi connectivity index (χ0v) is 11.6. The Morgan fingerprint density at radius 1 is 1.05 bits per heavy atom. The maximum absolute atomic E-state index is 13.8. The molecule has 4 nitrogen and oxygen atoms in total. The van der Waals surface area contributed by atoms with Crippen LogP contribution in [-0.2, 0) is 10.0 Å². The third kappa shape index (κ3) is 3.06. The Morgan fingerprint density at radius 3 is 2.21 bits per heavy atom. The van der Waals surface area contributed by atoms with Crippen LogP contribution >= 0.6 is 0 Å². The molecule has 1 fully saturated rings. The first-order valence-corrected chi connectivity index (χ1v) is 8.01. The van der Waals surface area contributed by atoms with Crippen LogP contribution in [0, 0.1) is 5.82 Å². The molecule has 0 spiro atoms. The van der Waals surface area contributed by atoms with Crippen molar-refractivity contribution in [2.75, 3.05) is 18.8 Å². The van der Waals surface area contributed by atoms with Crippen molar-refractivity contribution in [3.05, 3.63) is 24.0 Å². The van der Waals surface area contributed by atoms with Crippen molar-refractivity contribution in [2.45, 2.75) is 37.0 Å². The van der Waals surface area contributed by atoms with E-state index < -0.39 is 15.8 Å². The molecule has 1 saturated heterocycles. The molecule has 0 saturated carbocycles. The summed E-state index contributed by atoms with van der Waals surface area (Å²) in [7, 11) is -3.83. The zero-order chi connectivity index (χ0) is 13.9. The Labute approximate surface area is 113 Å². The number of rotatable bonds is 2. The Morgan fingerprint density at radius 2 is 1.63 bits per heavy atom. The summed E-state index contributed by atoms with van der Waals surface area (Å²) in [6.07, 6.45) is 4.79. The fourth-order valence-electron chi connectivity index (χ4n) is 2.39. The molecule has 2 rings (SSSR count). The summed E-state index contributed by atoms with van der Waals surface area (Å²) < 4.78 is 40.2. The van der Waals surface area contributed by atoms with E-state index in [2.05, 4.69) is 0 Å². The van der Waals surface area contributed by atoms with Crippen molar-refractivity contribution in [2.24, 2.45) is 0 Å². The van der Waals surface area contributed by atoms with Crippen LogP contribution in [0.3, 0.4) is 0 Å². The van der Waals surface area contributed by atoms with Gasteiger partial charge in [0.1, 0.15) is 10.7 Å². The molecule has 1 aliphatic rings. The third-order valence-corrected chi connectivity index (χ3v) is 5.40. The molecular formula is C13H19FN2O2S. The first kappa shape index (κ1) is 14.3. The Balaban J connectivity index is 2.35. The minimum atomic E-state index is -3.83. The lowest BCUT2D eigenvalue weighted by Crippen LogP contribution is -2.34. The third-order valence-electron chi connectivity index (χ3n) is 3.41. The maximum Gasteiger partial charge on any atom is 0.248 e. The van der Waals surface area contributed by atoms with Gasteiger partial charge in [-0.25, -0.2) is 12.8 Å². The van der Waals surface area contributed by atoms with Crippen LogP contribution in [0.2, 0.25) is 0 Å². The van der Waals surface area contributed by atoms with E-state index in [1.165, 1.54) is 16.4 Å². The molecular weight excluding hydrogens is 267 g/mol. The van der Waals surface area contributed by atoms with Gasteiger partial charge in [0.05, 0.1) is 5.69 Å². The van der Waals surface area contributed by atoms with Gasteiger partial charge in [-0.15, -0.1) is 0 Å². The smallest absolute Gasteiger partial charge is 0.248 e. The molecule has 0 bridgehead atoms. The van der Waals surface area contributed by atoms with Gasteiger partial charge in [0.2, 0.25) is 10.0 Å². The molecule has 1 aromatic rings. The molecule has 0 amide bonds. The van der Waals surface area contributed by atoms with Crippen LogP contribution in [0.5, 0.6) is 0 Å². The van der Waals surface area contributed by atoms with Gasteiger partial charge in [-0.05, 0) is 25.0 Å². The number of anilines is 1. The van der Waals surface area contributed by atoms with E-state index in [9.17, 15) is 12.8 Å². The van der Waals surface area contributed by atoms with Gasteiger partial charge in [-0.2, -0.15) is 4.31 Å². The van der Waals surface area contributed by atoms with E-state index in [-0.39, 0.29) is 10.6 Å². The first-order valence-electron chi connectivity index (χ1n) is 6.57. The highest BCUT2D eigenvalue weighted by Crippen LogP contribution is 2.26. The van der Waals surface area contributed by atoms with E-state index >= 15 is 0 Å². The normalized spacial score (nSPS) is 18.8. The highest BCUT2D eigenvalue weighted by Gasteiger charge is 2.29. The molecule has 0 aliphatic carbocycles. The van der Waals surface area contributed by atoms with E-state index in [1.807, 2.05) is 0 Å². The van der Waals surface area contributed by atoms with Crippen LogP contribution in [0.1, 0.15) is 32.1 Å². The highest BCUT2D eigenvalue weighted by atomic mass is 32.2. The van der Waals surface area contributed by atoms with Crippen LogP contribution in [0.25, 0.3) is 0 Å². The lowest BCUT2D eigenvalue weighted by atomic mass is 10.1. The summed E-state index contributed by atoms with van der Waals surface area (Å²) in [5, 5.41) is 0. The monoisotopic (exact) mass is 286 g/mol. The van der Waals surface area contributed by atoms with Gasteiger partial charge in [0, 0.05) is 13.1 Å². The van der Waals surface area contributed by atoms with E-state index in [0.29, 0.717) is 13.1 Å². The predicted octanol–water partition coefficient (Wildman–Crippen LogP) is 2.36. The van der Waals surface area contributed by atoms with E-state index in [1.54, 1.807) is 0 Å². The van der Waals surface area contributed by atoms with Crippen molar-refractivity contribution >= 4 is 15.7 Å². The summed E-state index contributed by atoms with van der Waals surface area (Å²) in [4.78, 5) is -0.379. The second-order valence-corrected chi connectivity index (χ2v) is 6.70. The summed E-state index contributed by atoms with van der Waals surface area (Å²) in [5.74, 6) is -0.776. The standard InChI is InChI=1S/C13H19FN2O2S/c14-11-7-6-8-12(15)13(11)19(17,18)16-9-4-2-1-3-5-10-16/h6-8H,1-5,9-10,15H2. The van der Waals surface area contributed by atoms with Gasteiger partial charge < -0.3 is 5.73 Å². The number of halogens is 1. The molecule has 0 atom stereocenters. The fourth-order valence-corrected chi connectivity index (χ4v) is 4.06. The molecule has 1 heterocycles. The SMILES string of the molecule is Nc1cccc(F)c1S(=O)(=O)N1CCCCCCC1. The highest BCUT2D eigenvalue weighted by molar-refractivity contribution is 7.89. The zero-order valence-electron chi connectivity index (χ0n) is 10.8. The van der Waals surface area contributed by atoms with E-state index in [4.69, 9.17) is 5.73 Å². The molecule has 6 heteroatoms. The molecule has 1 aromatic carbocycles. The van der Waals surface area contributed by atoms with Gasteiger partial charge in [0.15, 0.2) is 0 Å². The van der Waals surface area contributed by atoms with Crippen molar-refractivity contribution in [1.29, 1.82) is 0 Å². The van der Waals surface area contributed by atoms with Crippen LogP contribution in [-0.4, -0.2) is 25.8 Å². The topological polar surface area (TPSA) is 63.4 Å². The Bertz CT molecular complexity index is 517. The lowest BCUT2D eigenvalue weighted by Gasteiger charge is -2.24. The Hall–Kier alpha value is -1.14. The van der Waals surface area contributed by atoms with Crippen LogP contribution in [0.4, 0.5) is 10.1 Å². The summed E-state index contributed by atoms with van der Waals surface area (Å²) >= 11 is 0. The van der Waals surface area contributed by atoms with Gasteiger partial charge in [0.25, 0.3) is 0 Å². The first-order chi connectivity index (χ1) is 9.03. The average molecular weight is 286 g/mol. The van der Waals surface area contributed by atoms with Crippen molar-refractivity contribution in [3.63, 3.8) is 0 Å². The molecule has 0 unspecified atom stereocenters. The summed E-state index contributed by atoms with van der Waals surface area (Å²) in [5.41, 5.74) is 5.61. The van der Waals surface area contributed by atoms with Crippen molar-refractivity contribution in [3.8, 4) is 0 Å². The second-order valence-electron chi connectivity index (χ2n) is 4.83. The number of benzene rings is 1. The van der Waals surface area contributed by atoms with Gasteiger partial charge in [-0.1, -0.05) is 25.3 Å². The summed E-state index contributed by atoms with van der Waals surface area (Å²) in [6, 6.07) is 3.96. The van der Waals surface area contributed by atoms with Crippen LogP contribution in [0.15, 0.2) is 23.1 Å². The average Bonchev–Trinajstić information content (AvgIpc) is 2.26. The van der Waals surface area contributed by atoms with Crippen molar-refractivity contribution < 1.29 is 12.8 Å². The molecule has 19 heavy (non-hydrogen) atoms. The number of nitrogens with zero attached hydrogens (tertiary/aromatic N) is 1. The second kappa shape index (κ2) is 5.88. The number of hydrogen-bond acceptors (Lipinski definition) is 3. The molecule has 0 aromatic heterocycles.